The molecule has 0 amide bonds. The van der Waals surface area contributed by atoms with Crippen molar-refractivity contribution in [2.75, 3.05) is 17.8 Å². The molecule has 0 saturated heterocycles. The molecule has 0 radical (unpaired) electrons. The van der Waals surface area contributed by atoms with Crippen molar-refractivity contribution in [3.63, 3.8) is 0 Å². The van der Waals surface area contributed by atoms with Crippen molar-refractivity contribution in [2.45, 2.75) is 0 Å². The Kier molecular flexibility index (Phi) is 4.11. The summed E-state index contributed by atoms with van der Waals surface area (Å²) >= 11 is 8.99. The van der Waals surface area contributed by atoms with Crippen LogP contribution in [0.4, 0.5) is 15.9 Å². The summed E-state index contributed by atoms with van der Waals surface area (Å²) in [5.74, 6) is 0.156. The van der Waals surface area contributed by atoms with E-state index in [0.717, 1.165) is 4.47 Å². The number of hydroxylamine groups is 1. The van der Waals surface area contributed by atoms with Gasteiger partial charge < -0.3 is 10.6 Å². The molecule has 0 fully saturated rings. The number of halogens is 3. The molecular weight excluding hydrogens is 337 g/mol. The highest BCUT2D eigenvalue weighted by atomic mass is 79.9. The summed E-state index contributed by atoms with van der Waals surface area (Å²) in [6.45, 7) is 0. The van der Waals surface area contributed by atoms with Crippen molar-refractivity contribution in [2.24, 2.45) is 0 Å². The summed E-state index contributed by atoms with van der Waals surface area (Å²) in [4.78, 5) is 9.49. The third-order valence-electron chi connectivity index (χ3n) is 2.35. The van der Waals surface area contributed by atoms with Crippen LogP contribution in [0.2, 0.25) is 5.02 Å². The molecule has 7 heteroatoms. The van der Waals surface area contributed by atoms with E-state index in [-0.39, 0.29) is 10.8 Å². The average Bonchev–Trinajstić information content (AvgIpc) is 2.37. The molecule has 1 aromatic heterocycles. The number of benzene rings is 1. The molecule has 0 bridgehead atoms. The molecule has 0 spiro atoms. The Morgan fingerprint density at radius 1 is 1.42 bits per heavy atom. The van der Waals surface area contributed by atoms with Gasteiger partial charge in [0.15, 0.2) is 11.6 Å². The number of hydrogen-bond donors (Lipinski definition) is 1. The van der Waals surface area contributed by atoms with Gasteiger partial charge in [0.25, 0.3) is 0 Å². The Morgan fingerprint density at radius 3 is 2.84 bits per heavy atom. The second-order valence-electron chi connectivity index (χ2n) is 3.72. The SMILES string of the molecule is CN(Oc1cc(Br)cnc1N)c1ccc(F)c(Cl)c1. The third kappa shape index (κ3) is 3.27. The molecule has 0 atom stereocenters. The minimum absolute atomic E-state index is 0.0216. The molecule has 2 rings (SSSR count). The minimum Gasteiger partial charge on any atom is -0.381 e. The number of nitrogens with two attached hydrogens (primary N) is 1. The first-order valence-corrected chi connectivity index (χ1v) is 6.42. The van der Waals surface area contributed by atoms with E-state index in [4.69, 9.17) is 22.2 Å². The first kappa shape index (κ1) is 13.9. The van der Waals surface area contributed by atoms with Crippen molar-refractivity contribution in [3.8, 4) is 5.75 Å². The second kappa shape index (κ2) is 5.63. The van der Waals surface area contributed by atoms with Crippen LogP contribution >= 0.6 is 27.5 Å². The molecule has 0 aliphatic carbocycles. The first-order valence-electron chi connectivity index (χ1n) is 5.25. The fraction of sp³-hybridized carbons (Fsp3) is 0.0833. The van der Waals surface area contributed by atoms with Gasteiger partial charge in [-0.15, -0.1) is 0 Å². The summed E-state index contributed by atoms with van der Waals surface area (Å²) in [5, 5.41) is 1.44. The van der Waals surface area contributed by atoms with Gasteiger partial charge in [0, 0.05) is 23.8 Å². The van der Waals surface area contributed by atoms with E-state index in [2.05, 4.69) is 20.9 Å². The zero-order chi connectivity index (χ0) is 14.0. The molecule has 100 valence electrons. The van der Waals surface area contributed by atoms with E-state index in [0.29, 0.717) is 11.4 Å². The quantitative estimate of drug-likeness (QED) is 0.862. The lowest BCUT2D eigenvalue weighted by molar-refractivity contribution is 0.304. The standard InChI is InChI=1S/C12H10BrClFN3O/c1-18(8-2-3-10(15)9(14)5-8)19-11-4-7(13)6-17-12(11)16/h2-6H,1H3,(H2,16,17). The van der Waals surface area contributed by atoms with E-state index in [9.17, 15) is 4.39 Å². The lowest BCUT2D eigenvalue weighted by Gasteiger charge is -2.20. The molecule has 0 saturated carbocycles. The molecule has 0 aliphatic rings. The molecule has 1 aromatic carbocycles. The maximum Gasteiger partial charge on any atom is 0.198 e. The van der Waals surface area contributed by atoms with E-state index in [1.165, 1.54) is 17.2 Å². The molecule has 0 aliphatic heterocycles. The number of aromatic nitrogens is 1. The number of hydrogen-bond acceptors (Lipinski definition) is 4. The van der Waals surface area contributed by atoms with Crippen molar-refractivity contribution < 1.29 is 9.23 Å². The second-order valence-corrected chi connectivity index (χ2v) is 5.05. The number of nitrogens with zero attached hydrogens (tertiary/aromatic N) is 2. The summed E-state index contributed by atoms with van der Waals surface area (Å²) in [6.07, 6.45) is 1.57. The van der Waals surface area contributed by atoms with Gasteiger partial charge in [-0.25, -0.2) is 14.4 Å². The van der Waals surface area contributed by atoms with Crippen LogP contribution in [-0.4, -0.2) is 12.0 Å². The van der Waals surface area contributed by atoms with Gasteiger partial charge in [0.1, 0.15) is 5.82 Å². The van der Waals surface area contributed by atoms with Crippen LogP contribution in [0.3, 0.4) is 0 Å². The van der Waals surface area contributed by atoms with E-state index >= 15 is 0 Å². The molecule has 4 nitrogen and oxygen atoms in total. The van der Waals surface area contributed by atoms with Gasteiger partial charge in [-0.3, -0.25) is 0 Å². The smallest absolute Gasteiger partial charge is 0.198 e. The van der Waals surface area contributed by atoms with Crippen LogP contribution in [0.15, 0.2) is 34.9 Å². The molecule has 1 heterocycles. The Hall–Kier alpha value is -1.53. The van der Waals surface area contributed by atoms with E-state index in [1.54, 1.807) is 25.4 Å². The number of nitrogen functional groups attached to an aromatic ring is 1. The van der Waals surface area contributed by atoms with Gasteiger partial charge in [-0.05, 0) is 34.1 Å². The Balaban J connectivity index is 2.22. The third-order valence-corrected chi connectivity index (χ3v) is 3.07. The van der Waals surface area contributed by atoms with Crippen LogP contribution in [0.1, 0.15) is 0 Å². The van der Waals surface area contributed by atoms with Crippen molar-refractivity contribution >= 4 is 39.0 Å². The number of rotatable bonds is 3. The fourth-order valence-electron chi connectivity index (χ4n) is 1.39. The maximum absolute atomic E-state index is 13.1. The lowest BCUT2D eigenvalue weighted by atomic mass is 10.3. The number of anilines is 2. The average molecular weight is 347 g/mol. The molecule has 2 aromatic rings. The number of pyridine rings is 1. The normalized spacial score (nSPS) is 10.3. The van der Waals surface area contributed by atoms with Gasteiger partial charge >= 0.3 is 0 Å². The lowest BCUT2D eigenvalue weighted by Crippen LogP contribution is -2.22. The minimum atomic E-state index is -0.484. The topological polar surface area (TPSA) is 51.4 Å². The molecular formula is C12H10BrClFN3O. The molecule has 2 N–H and O–H groups in total. The fourth-order valence-corrected chi connectivity index (χ4v) is 1.87. The predicted octanol–water partition coefficient (Wildman–Crippen LogP) is 3.65. The largest absolute Gasteiger partial charge is 0.381 e. The molecule has 0 unspecified atom stereocenters. The highest BCUT2D eigenvalue weighted by Crippen LogP contribution is 2.27. The van der Waals surface area contributed by atoms with Crippen LogP contribution in [0, 0.1) is 5.82 Å². The zero-order valence-electron chi connectivity index (χ0n) is 9.90. The predicted molar refractivity (Wildman–Crippen MR) is 76.8 cm³/mol. The van der Waals surface area contributed by atoms with Crippen molar-refractivity contribution in [3.05, 3.63) is 45.8 Å². The highest BCUT2D eigenvalue weighted by Gasteiger charge is 2.10. The van der Waals surface area contributed by atoms with Crippen LogP contribution in [0.25, 0.3) is 0 Å². The Labute approximate surface area is 123 Å². The monoisotopic (exact) mass is 345 g/mol. The van der Waals surface area contributed by atoms with Crippen LogP contribution in [0.5, 0.6) is 5.75 Å². The summed E-state index contributed by atoms with van der Waals surface area (Å²) in [5.41, 5.74) is 6.29. The summed E-state index contributed by atoms with van der Waals surface area (Å²) in [6, 6.07) is 5.95. The van der Waals surface area contributed by atoms with Gasteiger partial charge in [0.2, 0.25) is 0 Å². The first-order chi connectivity index (χ1) is 8.97. The van der Waals surface area contributed by atoms with Gasteiger partial charge in [-0.2, -0.15) is 0 Å². The zero-order valence-corrected chi connectivity index (χ0v) is 12.2. The van der Waals surface area contributed by atoms with Gasteiger partial charge in [0.05, 0.1) is 10.7 Å². The summed E-state index contributed by atoms with van der Waals surface area (Å²) < 4.78 is 13.8. The van der Waals surface area contributed by atoms with E-state index in [1.807, 2.05) is 0 Å². The van der Waals surface area contributed by atoms with Crippen molar-refractivity contribution in [1.29, 1.82) is 0 Å². The Morgan fingerprint density at radius 2 is 2.16 bits per heavy atom. The van der Waals surface area contributed by atoms with E-state index < -0.39 is 5.82 Å². The maximum atomic E-state index is 13.1. The highest BCUT2D eigenvalue weighted by molar-refractivity contribution is 9.10. The van der Waals surface area contributed by atoms with Crippen LogP contribution < -0.4 is 15.6 Å². The van der Waals surface area contributed by atoms with Crippen molar-refractivity contribution in [1.82, 2.24) is 4.98 Å². The van der Waals surface area contributed by atoms with Gasteiger partial charge in [-0.1, -0.05) is 11.6 Å². The summed E-state index contributed by atoms with van der Waals surface area (Å²) in [7, 11) is 1.66. The molecule has 19 heavy (non-hydrogen) atoms. The van der Waals surface area contributed by atoms with Crippen LogP contribution in [-0.2, 0) is 0 Å². The Bertz CT molecular complexity index is 612.